The average molecular weight is 195 g/mol. The summed E-state index contributed by atoms with van der Waals surface area (Å²) < 4.78 is 2.16. The molecule has 0 aromatic carbocycles. The molecule has 80 valence electrons. The lowest BCUT2D eigenvalue weighted by molar-refractivity contribution is 0.276. The van der Waals surface area contributed by atoms with E-state index in [0.29, 0.717) is 0 Å². The number of aromatic nitrogens is 2. The number of hydrogen-bond acceptors (Lipinski definition) is 2. The van der Waals surface area contributed by atoms with Crippen LogP contribution in [-0.4, -0.2) is 34.1 Å². The Morgan fingerprint density at radius 1 is 1.36 bits per heavy atom. The highest BCUT2D eigenvalue weighted by molar-refractivity contribution is 4.92. The van der Waals surface area contributed by atoms with Gasteiger partial charge < -0.3 is 9.47 Å². The van der Waals surface area contributed by atoms with Gasteiger partial charge in [0.25, 0.3) is 0 Å². The van der Waals surface area contributed by atoms with Crippen LogP contribution in [0.2, 0.25) is 0 Å². The Kier molecular flexibility index (Phi) is 4.66. The quantitative estimate of drug-likeness (QED) is 0.691. The van der Waals surface area contributed by atoms with E-state index in [-0.39, 0.29) is 0 Å². The standard InChI is InChI=1S/C11H21N3/c1-4-6-13(5-2)7-8-14-9-11(3)12-10-14/h9-10H,4-8H2,1-3H3. The molecule has 0 aliphatic carbocycles. The second-order valence-electron chi connectivity index (χ2n) is 3.69. The van der Waals surface area contributed by atoms with Gasteiger partial charge in [0.05, 0.1) is 12.0 Å². The monoisotopic (exact) mass is 195 g/mol. The Bertz CT molecular complexity index is 255. The highest BCUT2D eigenvalue weighted by Crippen LogP contribution is 1.96. The molecule has 0 radical (unpaired) electrons. The Labute approximate surface area is 86.7 Å². The maximum absolute atomic E-state index is 4.21. The topological polar surface area (TPSA) is 21.1 Å². The van der Waals surface area contributed by atoms with Gasteiger partial charge in [-0.15, -0.1) is 0 Å². The van der Waals surface area contributed by atoms with Gasteiger partial charge in [-0.25, -0.2) is 4.98 Å². The summed E-state index contributed by atoms with van der Waals surface area (Å²) in [4.78, 5) is 6.68. The Balaban J connectivity index is 2.31. The van der Waals surface area contributed by atoms with Gasteiger partial charge in [0.2, 0.25) is 0 Å². The third kappa shape index (κ3) is 3.50. The zero-order chi connectivity index (χ0) is 10.4. The largest absolute Gasteiger partial charge is 0.336 e. The summed E-state index contributed by atoms with van der Waals surface area (Å²) in [6.45, 7) is 11.0. The predicted octanol–water partition coefficient (Wildman–Crippen LogP) is 1.92. The van der Waals surface area contributed by atoms with Gasteiger partial charge in [-0.2, -0.15) is 0 Å². The van der Waals surface area contributed by atoms with Crippen LogP contribution in [0.3, 0.4) is 0 Å². The van der Waals surface area contributed by atoms with Gasteiger partial charge in [0.1, 0.15) is 0 Å². The lowest BCUT2D eigenvalue weighted by Crippen LogP contribution is -2.27. The van der Waals surface area contributed by atoms with Crippen LogP contribution in [0.1, 0.15) is 26.0 Å². The van der Waals surface area contributed by atoms with Crippen molar-refractivity contribution in [2.24, 2.45) is 0 Å². The molecule has 0 N–H and O–H groups in total. The molecule has 0 amide bonds. The molecule has 0 bridgehead atoms. The van der Waals surface area contributed by atoms with Crippen LogP contribution in [-0.2, 0) is 6.54 Å². The SMILES string of the molecule is CCCN(CC)CCn1cnc(C)c1. The average Bonchev–Trinajstić information content (AvgIpc) is 2.59. The van der Waals surface area contributed by atoms with E-state index < -0.39 is 0 Å². The van der Waals surface area contributed by atoms with Crippen molar-refractivity contribution >= 4 is 0 Å². The van der Waals surface area contributed by atoms with Gasteiger partial charge in [0.15, 0.2) is 0 Å². The molecule has 1 rings (SSSR count). The lowest BCUT2D eigenvalue weighted by Gasteiger charge is -2.19. The molecule has 0 saturated heterocycles. The molecule has 1 aromatic heterocycles. The van der Waals surface area contributed by atoms with E-state index in [0.717, 1.165) is 25.3 Å². The summed E-state index contributed by atoms with van der Waals surface area (Å²) in [6, 6.07) is 0. The first kappa shape index (κ1) is 11.2. The molecular weight excluding hydrogens is 174 g/mol. The second kappa shape index (κ2) is 5.81. The minimum atomic E-state index is 1.05. The van der Waals surface area contributed by atoms with Crippen molar-refractivity contribution in [1.29, 1.82) is 0 Å². The van der Waals surface area contributed by atoms with E-state index in [4.69, 9.17) is 0 Å². The first-order valence-corrected chi connectivity index (χ1v) is 5.47. The van der Waals surface area contributed by atoms with Crippen LogP contribution in [0.5, 0.6) is 0 Å². The first-order valence-electron chi connectivity index (χ1n) is 5.47. The Hall–Kier alpha value is -0.830. The highest BCUT2D eigenvalue weighted by atomic mass is 15.1. The van der Waals surface area contributed by atoms with E-state index in [2.05, 4.69) is 34.5 Å². The first-order chi connectivity index (χ1) is 6.76. The summed E-state index contributed by atoms with van der Waals surface area (Å²) in [5.74, 6) is 0. The van der Waals surface area contributed by atoms with Crippen LogP contribution < -0.4 is 0 Å². The van der Waals surface area contributed by atoms with E-state index in [1.807, 2.05) is 13.3 Å². The van der Waals surface area contributed by atoms with Crippen molar-refractivity contribution < 1.29 is 0 Å². The van der Waals surface area contributed by atoms with Crippen molar-refractivity contribution in [3.63, 3.8) is 0 Å². The van der Waals surface area contributed by atoms with Crippen LogP contribution in [0.15, 0.2) is 12.5 Å². The fraction of sp³-hybridized carbons (Fsp3) is 0.727. The van der Waals surface area contributed by atoms with Crippen LogP contribution >= 0.6 is 0 Å². The van der Waals surface area contributed by atoms with Crippen molar-refractivity contribution in [3.8, 4) is 0 Å². The minimum absolute atomic E-state index is 1.05. The molecule has 1 aromatic rings. The summed E-state index contributed by atoms with van der Waals surface area (Å²) in [5, 5.41) is 0. The number of likely N-dealkylation sites (N-methyl/N-ethyl adjacent to an activating group) is 1. The van der Waals surface area contributed by atoms with Crippen molar-refractivity contribution in [2.75, 3.05) is 19.6 Å². The third-order valence-corrected chi connectivity index (χ3v) is 2.42. The molecule has 0 aliphatic rings. The Morgan fingerprint density at radius 3 is 2.64 bits per heavy atom. The van der Waals surface area contributed by atoms with E-state index in [1.165, 1.54) is 13.0 Å². The van der Waals surface area contributed by atoms with Crippen molar-refractivity contribution in [2.45, 2.75) is 33.7 Å². The number of hydrogen-bond donors (Lipinski definition) is 0. The Morgan fingerprint density at radius 2 is 2.14 bits per heavy atom. The van der Waals surface area contributed by atoms with Gasteiger partial charge in [-0.3, -0.25) is 0 Å². The molecule has 0 aliphatic heterocycles. The molecule has 1 heterocycles. The minimum Gasteiger partial charge on any atom is -0.336 e. The zero-order valence-corrected chi connectivity index (χ0v) is 9.53. The fourth-order valence-corrected chi connectivity index (χ4v) is 1.60. The number of aryl methyl sites for hydroxylation is 1. The molecule has 3 heteroatoms. The van der Waals surface area contributed by atoms with E-state index in [1.54, 1.807) is 0 Å². The summed E-state index contributed by atoms with van der Waals surface area (Å²) in [6.07, 6.45) is 5.24. The predicted molar refractivity (Wildman–Crippen MR) is 59.4 cm³/mol. The second-order valence-corrected chi connectivity index (χ2v) is 3.69. The van der Waals surface area contributed by atoms with Gasteiger partial charge in [-0.05, 0) is 26.4 Å². The maximum atomic E-state index is 4.21. The summed E-state index contributed by atoms with van der Waals surface area (Å²) >= 11 is 0. The highest BCUT2D eigenvalue weighted by Gasteiger charge is 2.00. The van der Waals surface area contributed by atoms with Crippen LogP contribution in [0.4, 0.5) is 0 Å². The normalized spacial score (nSPS) is 11.1. The number of rotatable bonds is 6. The van der Waals surface area contributed by atoms with Crippen LogP contribution in [0, 0.1) is 6.92 Å². The number of imidazole rings is 1. The molecular formula is C11H21N3. The fourth-order valence-electron chi connectivity index (χ4n) is 1.60. The number of nitrogens with zero attached hydrogens (tertiary/aromatic N) is 3. The third-order valence-electron chi connectivity index (χ3n) is 2.42. The van der Waals surface area contributed by atoms with Gasteiger partial charge >= 0.3 is 0 Å². The lowest BCUT2D eigenvalue weighted by atomic mass is 10.4. The molecule has 0 atom stereocenters. The molecule has 0 spiro atoms. The van der Waals surface area contributed by atoms with Gasteiger partial charge in [-0.1, -0.05) is 13.8 Å². The van der Waals surface area contributed by atoms with Crippen molar-refractivity contribution in [3.05, 3.63) is 18.2 Å². The van der Waals surface area contributed by atoms with E-state index in [9.17, 15) is 0 Å². The molecule has 0 unspecified atom stereocenters. The summed E-state index contributed by atoms with van der Waals surface area (Å²) in [5.41, 5.74) is 1.10. The molecule has 0 fully saturated rings. The maximum Gasteiger partial charge on any atom is 0.0949 e. The molecule has 0 saturated carbocycles. The zero-order valence-electron chi connectivity index (χ0n) is 9.53. The van der Waals surface area contributed by atoms with Crippen molar-refractivity contribution in [1.82, 2.24) is 14.5 Å². The van der Waals surface area contributed by atoms with Crippen LogP contribution in [0.25, 0.3) is 0 Å². The van der Waals surface area contributed by atoms with E-state index >= 15 is 0 Å². The van der Waals surface area contributed by atoms with Gasteiger partial charge in [0, 0.05) is 19.3 Å². The molecule has 3 nitrogen and oxygen atoms in total. The molecule has 14 heavy (non-hydrogen) atoms. The summed E-state index contributed by atoms with van der Waals surface area (Å²) in [7, 11) is 0. The smallest absolute Gasteiger partial charge is 0.0949 e.